The third kappa shape index (κ3) is 3.73. The number of thiazole rings is 1. The van der Waals surface area contributed by atoms with E-state index in [1.54, 1.807) is 29.0 Å². The summed E-state index contributed by atoms with van der Waals surface area (Å²) in [4.78, 5) is 16.9. The Kier molecular flexibility index (Phi) is 4.94. The summed E-state index contributed by atoms with van der Waals surface area (Å²) < 4.78 is 27.9. The first-order chi connectivity index (χ1) is 13.0. The number of anilines is 1. The van der Waals surface area contributed by atoms with Gasteiger partial charge in [-0.05, 0) is 55.3 Å². The van der Waals surface area contributed by atoms with Crippen molar-refractivity contribution < 1.29 is 13.2 Å². The van der Waals surface area contributed by atoms with Crippen LogP contribution in [0.1, 0.15) is 29.6 Å². The largest absolute Gasteiger partial charge is 0.322 e. The molecule has 1 aromatic heterocycles. The highest BCUT2D eigenvalue weighted by molar-refractivity contribution is 7.89. The van der Waals surface area contributed by atoms with Crippen LogP contribution >= 0.6 is 11.3 Å². The number of fused-ring (bicyclic) bond motifs is 1. The van der Waals surface area contributed by atoms with Crippen LogP contribution in [0.25, 0.3) is 10.2 Å². The summed E-state index contributed by atoms with van der Waals surface area (Å²) in [5.41, 5.74) is 3.66. The van der Waals surface area contributed by atoms with E-state index in [-0.39, 0.29) is 10.8 Å². The molecule has 1 saturated heterocycles. The third-order valence-corrected chi connectivity index (χ3v) is 7.38. The minimum atomic E-state index is -3.49. The quantitative estimate of drug-likeness (QED) is 0.723. The van der Waals surface area contributed by atoms with Crippen molar-refractivity contribution in [3.8, 4) is 0 Å². The predicted octanol–water partition coefficient (Wildman–Crippen LogP) is 3.72. The van der Waals surface area contributed by atoms with E-state index in [1.807, 2.05) is 18.2 Å². The molecule has 27 heavy (non-hydrogen) atoms. The van der Waals surface area contributed by atoms with Crippen LogP contribution < -0.4 is 5.32 Å². The van der Waals surface area contributed by atoms with Crippen LogP contribution in [0.2, 0.25) is 0 Å². The molecule has 0 saturated carbocycles. The Morgan fingerprint density at radius 1 is 1.04 bits per heavy atom. The summed E-state index contributed by atoms with van der Waals surface area (Å²) in [5.74, 6) is -0.286. The first kappa shape index (κ1) is 18.1. The first-order valence-corrected chi connectivity index (χ1v) is 11.1. The summed E-state index contributed by atoms with van der Waals surface area (Å²) in [6.45, 7) is 1.12. The second-order valence-electron chi connectivity index (χ2n) is 6.48. The number of nitrogens with zero attached hydrogens (tertiary/aromatic N) is 2. The van der Waals surface area contributed by atoms with Crippen LogP contribution in [0, 0.1) is 0 Å². The van der Waals surface area contributed by atoms with Gasteiger partial charge in [0.1, 0.15) is 0 Å². The van der Waals surface area contributed by atoms with Gasteiger partial charge in [0.15, 0.2) is 0 Å². The average Bonchev–Trinajstić information content (AvgIpc) is 3.16. The SMILES string of the molecule is O=C(Nc1ccc2scnc2c1)c1ccc(S(=O)(=O)N2CCCCC2)cc1. The highest BCUT2D eigenvalue weighted by Gasteiger charge is 2.25. The van der Waals surface area contributed by atoms with Gasteiger partial charge in [-0.25, -0.2) is 13.4 Å². The Hall–Kier alpha value is -2.29. The third-order valence-electron chi connectivity index (χ3n) is 4.66. The number of nitrogens with one attached hydrogen (secondary N) is 1. The van der Waals surface area contributed by atoms with E-state index in [4.69, 9.17) is 0 Å². The van der Waals surface area contributed by atoms with Gasteiger partial charge in [-0.2, -0.15) is 4.31 Å². The van der Waals surface area contributed by atoms with Crippen molar-refractivity contribution in [3.63, 3.8) is 0 Å². The van der Waals surface area contributed by atoms with Crippen molar-refractivity contribution in [2.75, 3.05) is 18.4 Å². The molecular formula is C19H19N3O3S2. The van der Waals surface area contributed by atoms with Gasteiger partial charge in [-0.15, -0.1) is 11.3 Å². The fraction of sp³-hybridized carbons (Fsp3) is 0.263. The number of carbonyl (C=O) groups is 1. The fourth-order valence-electron chi connectivity index (χ4n) is 3.17. The molecule has 140 valence electrons. The Morgan fingerprint density at radius 3 is 2.52 bits per heavy atom. The molecular weight excluding hydrogens is 382 g/mol. The maximum absolute atomic E-state index is 12.7. The highest BCUT2D eigenvalue weighted by atomic mass is 32.2. The van der Waals surface area contributed by atoms with Gasteiger partial charge < -0.3 is 5.32 Å². The fourth-order valence-corrected chi connectivity index (χ4v) is 5.35. The Bertz CT molecular complexity index is 1070. The molecule has 1 aliphatic heterocycles. The van der Waals surface area contributed by atoms with Crippen molar-refractivity contribution in [2.24, 2.45) is 0 Å². The Morgan fingerprint density at radius 2 is 1.78 bits per heavy atom. The van der Waals surface area contributed by atoms with E-state index < -0.39 is 10.0 Å². The number of amides is 1. The second-order valence-corrected chi connectivity index (χ2v) is 9.30. The number of benzene rings is 2. The van der Waals surface area contributed by atoms with Crippen LogP contribution in [-0.4, -0.2) is 36.7 Å². The molecule has 6 nitrogen and oxygen atoms in total. The lowest BCUT2D eigenvalue weighted by Gasteiger charge is -2.25. The van der Waals surface area contributed by atoms with E-state index in [0.717, 1.165) is 29.5 Å². The molecule has 8 heteroatoms. The monoisotopic (exact) mass is 401 g/mol. The molecule has 0 radical (unpaired) electrons. The standard InChI is InChI=1S/C19H19N3O3S2/c23-19(21-15-6-9-18-17(12-15)20-13-26-18)14-4-7-16(8-5-14)27(24,25)22-10-2-1-3-11-22/h4-9,12-13H,1-3,10-11H2,(H,21,23). The zero-order valence-electron chi connectivity index (χ0n) is 14.6. The Labute approximate surface area is 161 Å². The van der Waals surface area contributed by atoms with Gasteiger partial charge in [0.25, 0.3) is 5.91 Å². The summed E-state index contributed by atoms with van der Waals surface area (Å²) in [6, 6.07) is 11.7. The van der Waals surface area contributed by atoms with E-state index >= 15 is 0 Å². The lowest BCUT2D eigenvalue weighted by molar-refractivity contribution is 0.102. The zero-order valence-corrected chi connectivity index (χ0v) is 16.2. The summed E-state index contributed by atoms with van der Waals surface area (Å²) >= 11 is 1.54. The van der Waals surface area contributed by atoms with Crippen LogP contribution in [0.15, 0.2) is 52.9 Å². The lowest BCUT2D eigenvalue weighted by Crippen LogP contribution is -2.35. The smallest absolute Gasteiger partial charge is 0.255 e. The van der Waals surface area contributed by atoms with Crippen LogP contribution in [-0.2, 0) is 10.0 Å². The molecule has 0 bridgehead atoms. The lowest BCUT2D eigenvalue weighted by atomic mass is 10.2. The molecule has 1 amide bonds. The van der Waals surface area contributed by atoms with Gasteiger partial charge in [-0.1, -0.05) is 6.42 Å². The van der Waals surface area contributed by atoms with Crippen molar-refractivity contribution in [2.45, 2.75) is 24.2 Å². The molecule has 2 heterocycles. The molecule has 2 aromatic carbocycles. The molecule has 3 aromatic rings. The van der Waals surface area contributed by atoms with E-state index in [9.17, 15) is 13.2 Å². The summed E-state index contributed by atoms with van der Waals surface area (Å²) in [5, 5.41) is 2.83. The van der Waals surface area contributed by atoms with Crippen LogP contribution in [0.5, 0.6) is 0 Å². The molecule has 0 atom stereocenters. The van der Waals surface area contributed by atoms with E-state index in [0.29, 0.717) is 24.3 Å². The van der Waals surface area contributed by atoms with Crippen molar-refractivity contribution in [1.29, 1.82) is 0 Å². The molecule has 0 aliphatic carbocycles. The second kappa shape index (κ2) is 7.38. The highest BCUT2D eigenvalue weighted by Crippen LogP contribution is 2.23. The molecule has 1 N–H and O–H groups in total. The number of hydrogen-bond donors (Lipinski definition) is 1. The predicted molar refractivity (Wildman–Crippen MR) is 107 cm³/mol. The molecule has 0 spiro atoms. The average molecular weight is 402 g/mol. The minimum Gasteiger partial charge on any atom is -0.322 e. The van der Waals surface area contributed by atoms with Crippen molar-refractivity contribution in [1.82, 2.24) is 9.29 Å². The van der Waals surface area contributed by atoms with Gasteiger partial charge in [-0.3, -0.25) is 4.79 Å². The maximum atomic E-state index is 12.7. The topological polar surface area (TPSA) is 79.4 Å². The van der Waals surface area contributed by atoms with Gasteiger partial charge in [0, 0.05) is 24.3 Å². The van der Waals surface area contributed by atoms with Crippen molar-refractivity contribution in [3.05, 3.63) is 53.5 Å². The summed E-state index contributed by atoms with van der Waals surface area (Å²) in [7, 11) is -3.49. The van der Waals surface area contributed by atoms with E-state index in [1.165, 1.54) is 16.4 Å². The number of sulfonamides is 1. The van der Waals surface area contributed by atoms with Gasteiger partial charge in [0.05, 0.1) is 20.6 Å². The number of carbonyl (C=O) groups excluding carboxylic acids is 1. The number of rotatable bonds is 4. The molecule has 0 unspecified atom stereocenters. The zero-order chi connectivity index (χ0) is 18.9. The number of piperidine rings is 1. The molecule has 4 rings (SSSR count). The van der Waals surface area contributed by atoms with Crippen LogP contribution in [0.3, 0.4) is 0 Å². The van der Waals surface area contributed by atoms with Crippen LogP contribution in [0.4, 0.5) is 5.69 Å². The van der Waals surface area contributed by atoms with E-state index in [2.05, 4.69) is 10.3 Å². The number of hydrogen-bond acceptors (Lipinski definition) is 5. The normalized spacial score (nSPS) is 15.7. The Balaban J connectivity index is 1.50. The molecule has 1 aliphatic rings. The van der Waals surface area contributed by atoms with Crippen molar-refractivity contribution >= 4 is 43.2 Å². The van der Waals surface area contributed by atoms with Gasteiger partial charge >= 0.3 is 0 Å². The summed E-state index contributed by atoms with van der Waals surface area (Å²) in [6.07, 6.45) is 2.85. The molecule has 1 fully saturated rings. The first-order valence-electron chi connectivity index (χ1n) is 8.79. The van der Waals surface area contributed by atoms with Gasteiger partial charge in [0.2, 0.25) is 10.0 Å². The minimum absolute atomic E-state index is 0.227. The maximum Gasteiger partial charge on any atom is 0.255 e. The number of aromatic nitrogens is 1.